The van der Waals surface area contributed by atoms with Gasteiger partial charge in [-0.25, -0.2) is 14.8 Å². The highest BCUT2D eigenvalue weighted by molar-refractivity contribution is 5.74. The van der Waals surface area contributed by atoms with Gasteiger partial charge in [-0.3, -0.25) is 0 Å². The highest BCUT2D eigenvalue weighted by atomic mass is 19.4. The van der Waals surface area contributed by atoms with Crippen LogP contribution in [-0.2, 0) is 12.6 Å². The van der Waals surface area contributed by atoms with Gasteiger partial charge in [-0.15, -0.1) is 0 Å². The third-order valence-electron chi connectivity index (χ3n) is 4.41. The molecule has 28 heavy (non-hydrogen) atoms. The summed E-state index contributed by atoms with van der Waals surface area (Å²) in [6, 6.07) is 0.263. The maximum Gasteiger partial charge on any atom is 0.433 e. The Bertz CT molecular complexity index is 839. The molecule has 2 aromatic rings. The smallest absolute Gasteiger partial charge is 0.338 e. The van der Waals surface area contributed by atoms with Gasteiger partial charge in [-0.1, -0.05) is 5.16 Å². The lowest BCUT2D eigenvalue weighted by Crippen LogP contribution is -2.45. The predicted molar refractivity (Wildman–Crippen MR) is 91.2 cm³/mol. The number of alkyl halides is 3. The number of hydrogen-bond acceptors (Lipinski definition) is 6. The molecule has 2 amide bonds. The van der Waals surface area contributed by atoms with Gasteiger partial charge in [0, 0.05) is 25.2 Å². The molecule has 0 saturated carbocycles. The van der Waals surface area contributed by atoms with Crippen LogP contribution in [0.25, 0.3) is 0 Å². The monoisotopic (exact) mass is 398 g/mol. The number of nitrogens with one attached hydrogen (secondary N) is 1. The maximum absolute atomic E-state index is 12.9. The normalized spacial score (nSPS) is 17.6. The van der Waals surface area contributed by atoms with Crippen LogP contribution < -0.4 is 5.32 Å². The largest absolute Gasteiger partial charge is 0.433 e. The molecule has 1 aliphatic heterocycles. The van der Waals surface area contributed by atoms with Gasteiger partial charge < -0.3 is 14.7 Å². The number of aromatic nitrogens is 4. The van der Waals surface area contributed by atoms with Gasteiger partial charge in [0.1, 0.15) is 17.6 Å². The number of urea groups is 1. The molecule has 152 valence electrons. The molecule has 2 aromatic heterocycles. The van der Waals surface area contributed by atoms with E-state index in [-0.39, 0.29) is 36.6 Å². The van der Waals surface area contributed by atoms with Gasteiger partial charge in [0.05, 0.1) is 0 Å². The minimum Gasteiger partial charge on any atom is -0.338 e. The zero-order valence-electron chi connectivity index (χ0n) is 15.6. The van der Waals surface area contributed by atoms with E-state index in [0.29, 0.717) is 24.7 Å². The number of aryl methyl sites for hydroxylation is 2. The Morgan fingerprint density at radius 3 is 2.75 bits per heavy atom. The molecule has 1 fully saturated rings. The Hall–Kier alpha value is -2.72. The number of carbonyl (C=O) groups is 1. The minimum absolute atomic E-state index is 0.0374. The van der Waals surface area contributed by atoms with Crippen LogP contribution in [0.15, 0.2) is 10.6 Å². The van der Waals surface area contributed by atoms with Crippen molar-refractivity contribution in [1.29, 1.82) is 0 Å². The first-order chi connectivity index (χ1) is 13.2. The lowest BCUT2D eigenvalue weighted by molar-refractivity contribution is -0.141. The van der Waals surface area contributed by atoms with E-state index >= 15 is 0 Å². The Kier molecular flexibility index (Phi) is 5.80. The number of likely N-dealkylation sites (tertiary alicyclic amines) is 1. The number of rotatable bonds is 4. The van der Waals surface area contributed by atoms with E-state index in [1.165, 1.54) is 6.92 Å². The molecule has 0 unspecified atom stereocenters. The van der Waals surface area contributed by atoms with Crippen molar-refractivity contribution in [2.24, 2.45) is 0 Å². The van der Waals surface area contributed by atoms with Crippen molar-refractivity contribution in [2.45, 2.75) is 51.7 Å². The Balaban J connectivity index is 1.61. The second-order valence-electron chi connectivity index (χ2n) is 6.68. The molecule has 1 atom stereocenters. The minimum atomic E-state index is -4.53. The number of halogens is 3. The quantitative estimate of drug-likeness (QED) is 0.851. The summed E-state index contributed by atoms with van der Waals surface area (Å²) in [5.41, 5.74) is -0.754. The van der Waals surface area contributed by atoms with Crippen molar-refractivity contribution in [3.8, 4) is 0 Å². The molecule has 3 heterocycles. The van der Waals surface area contributed by atoms with E-state index in [0.717, 1.165) is 18.9 Å². The molecule has 1 N–H and O–H groups in total. The third kappa shape index (κ3) is 4.76. The SMILES string of the molecule is Cc1cc(C(F)(F)F)nc(CCNC(=O)N2CCCC[C@H]2c2nc(C)no2)n1. The van der Waals surface area contributed by atoms with Gasteiger partial charge in [0.2, 0.25) is 5.89 Å². The highest BCUT2D eigenvalue weighted by Gasteiger charge is 2.34. The molecule has 8 nitrogen and oxygen atoms in total. The van der Waals surface area contributed by atoms with E-state index in [4.69, 9.17) is 4.52 Å². The van der Waals surface area contributed by atoms with E-state index in [1.807, 2.05) is 0 Å². The van der Waals surface area contributed by atoms with E-state index in [2.05, 4.69) is 25.4 Å². The summed E-state index contributed by atoms with van der Waals surface area (Å²) in [7, 11) is 0. The fourth-order valence-corrected chi connectivity index (χ4v) is 3.15. The number of carbonyl (C=O) groups excluding carboxylic acids is 1. The first-order valence-corrected chi connectivity index (χ1v) is 9.00. The van der Waals surface area contributed by atoms with Crippen LogP contribution in [0, 0.1) is 13.8 Å². The Morgan fingerprint density at radius 2 is 2.07 bits per heavy atom. The Morgan fingerprint density at radius 1 is 1.29 bits per heavy atom. The van der Waals surface area contributed by atoms with Crippen LogP contribution in [0.1, 0.15) is 54.2 Å². The summed E-state index contributed by atoms with van der Waals surface area (Å²) in [4.78, 5) is 26.0. The van der Waals surface area contributed by atoms with E-state index < -0.39 is 11.9 Å². The first-order valence-electron chi connectivity index (χ1n) is 9.00. The highest BCUT2D eigenvalue weighted by Crippen LogP contribution is 2.30. The van der Waals surface area contributed by atoms with Crippen LogP contribution in [0.4, 0.5) is 18.0 Å². The maximum atomic E-state index is 12.9. The van der Waals surface area contributed by atoms with Crippen LogP contribution in [-0.4, -0.2) is 44.1 Å². The molecule has 3 rings (SSSR count). The van der Waals surface area contributed by atoms with Gasteiger partial charge in [0.15, 0.2) is 5.82 Å². The lowest BCUT2D eigenvalue weighted by atomic mass is 10.0. The molecular weight excluding hydrogens is 377 g/mol. The fraction of sp³-hybridized carbons (Fsp3) is 0.588. The van der Waals surface area contributed by atoms with Crippen LogP contribution in [0.2, 0.25) is 0 Å². The van der Waals surface area contributed by atoms with Crippen molar-refractivity contribution in [2.75, 3.05) is 13.1 Å². The summed E-state index contributed by atoms with van der Waals surface area (Å²) < 4.78 is 43.8. The van der Waals surface area contributed by atoms with Crippen molar-refractivity contribution in [1.82, 2.24) is 30.3 Å². The molecule has 11 heteroatoms. The summed E-state index contributed by atoms with van der Waals surface area (Å²) in [6.45, 7) is 3.84. The molecule has 0 bridgehead atoms. The second kappa shape index (κ2) is 8.11. The van der Waals surface area contributed by atoms with Crippen molar-refractivity contribution >= 4 is 6.03 Å². The number of piperidine rings is 1. The van der Waals surface area contributed by atoms with Crippen LogP contribution >= 0.6 is 0 Å². The molecule has 0 aromatic carbocycles. The fourth-order valence-electron chi connectivity index (χ4n) is 3.15. The number of hydrogen-bond donors (Lipinski definition) is 1. The molecule has 0 radical (unpaired) electrons. The summed E-state index contributed by atoms with van der Waals surface area (Å²) >= 11 is 0. The average Bonchev–Trinajstić information content (AvgIpc) is 3.07. The van der Waals surface area contributed by atoms with E-state index in [1.54, 1.807) is 11.8 Å². The number of nitrogens with zero attached hydrogens (tertiary/aromatic N) is 5. The van der Waals surface area contributed by atoms with Gasteiger partial charge in [-0.05, 0) is 39.2 Å². The van der Waals surface area contributed by atoms with Gasteiger partial charge >= 0.3 is 12.2 Å². The predicted octanol–water partition coefficient (Wildman–Crippen LogP) is 2.97. The Labute approximate surface area is 159 Å². The lowest BCUT2D eigenvalue weighted by Gasteiger charge is -2.33. The standard InChI is InChI=1S/C17H21F3N6O2/c1-10-9-13(17(18,19)20)24-14(22-10)6-7-21-16(27)26-8-4-3-5-12(26)15-23-11(2)25-28-15/h9,12H,3-8H2,1-2H3,(H,21,27)/t12-/m0/s1. The molecule has 1 saturated heterocycles. The summed E-state index contributed by atoms with van der Waals surface area (Å²) in [5.74, 6) is 0.928. The van der Waals surface area contributed by atoms with Crippen LogP contribution in [0.5, 0.6) is 0 Å². The van der Waals surface area contributed by atoms with Crippen LogP contribution in [0.3, 0.4) is 0 Å². The molecular formula is C17H21F3N6O2. The van der Waals surface area contributed by atoms with E-state index in [9.17, 15) is 18.0 Å². The summed E-state index contributed by atoms with van der Waals surface area (Å²) in [5, 5.41) is 6.49. The van der Waals surface area contributed by atoms with Crippen molar-refractivity contribution < 1.29 is 22.5 Å². The zero-order valence-corrected chi connectivity index (χ0v) is 15.6. The number of amides is 2. The average molecular weight is 398 g/mol. The third-order valence-corrected chi connectivity index (χ3v) is 4.41. The summed E-state index contributed by atoms with van der Waals surface area (Å²) in [6.07, 6.45) is -1.94. The molecule has 0 aliphatic carbocycles. The zero-order chi connectivity index (χ0) is 20.3. The first kappa shape index (κ1) is 20.0. The van der Waals surface area contributed by atoms with Crippen molar-refractivity contribution in [3.63, 3.8) is 0 Å². The molecule has 0 spiro atoms. The molecule has 1 aliphatic rings. The van der Waals surface area contributed by atoms with Gasteiger partial charge in [0.25, 0.3) is 0 Å². The van der Waals surface area contributed by atoms with Crippen molar-refractivity contribution in [3.05, 3.63) is 35.0 Å². The second-order valence-corrected chi connectivity index (χ2v) is 6.68. The topological polar surface area (TPSA) is 97.0 Å². The van der Waals surface area contributed by atoms with Gasteiger partial charge in [-0.2, -0.15) is 18.2 Å².